The van der Waals surface area contributed by atoms with Crippen LogP contribution in [0.5, 0.6) is 0 Å². The van der Waals surface area contributed by atoms with E-state index in [2.05, 4.69) is 88.9 Å². The Balaban J connectivity index is 1.28. The average molecular weight is 825 g/mol. The molecule has 4 saturated carbocycles. The molecule has 13 atom stereocenters. The maximum absolute atomic E-state index is 14.7. The monoisotopic (exact) mass is 825 g/mol. The van der Waals surface area contributed by atoms with Gasteiger partial charge < -0.3 is 31.9 Å². The van der Waals surface area contributed by atoms with Crippen LogP contribution >= 0.6 is 0 Å². The highest BCUT2D eigenvalue weighted by Crippen LogP contribution is 2.61. The SMILES string of the molecule is CCN(C(=O)[C@@H](NC(=O)[C@@H](N)C(C)C)C(C)C)C1C2CCC(C2)C1c1cccc(C2CC3CC2C(c2ccccc2)C3N(CC)C(=O)[C@H](NC(=O)[C@@H](N)C(C)C)C(C)C)c1. The average Bonchev–Trinajstić information content (AvgIpc) is 4.03. The highest BCUT2D eigenvalue weighted by molar-refractivity contribution is 5.91. The molecule has 9 unspecified atom stereocenters. The van der Waals surface area contributed by atoms with Gasteiger partial charge in [-0.25, -0.2) is 0 Å². The van der Waals surface area contributed by atoms with Gasteiger partial charge in [-0.3, -0.25) is 19.2 Å². The largest absolute Gasteiger partial charge is 0.343 e. The van der Waals surface area contributed by atoms with Gasteiger partial charge in [0.05, 0.1) is 12.1 Å². The van der Waals surface area contributed by atoms with Gasteiger partial charge in [-0.05, 0) is 116 Å². The van der Waals surface area contributed by atoms with E-state index in [0.717, 1.165) is 25.7 Å². The Kier molecular flexibility index (Phi) is 14.6. The number of likely N-dealkylation sites (N-methyl/N-ethyl adjacent to an activating group) is 2. The van der Waals surface area contributed by atoms with E-state index in [1.807, 2.05) is 55.4 Å². The van der Waals surface area contributed by atoms with Crippen LogP contribution in [0.15, 0.2) is 54.6 Å². The number of fused-ring (bicyclic) bond motifs is 4. The Morgan fingerprint density at radius 2 is 1.07 bits per heavy atom. The fourth-order valence-corrected chi connectivity index (χ4v) is 12.0. The molecule has 0 aliphatic heterocycles. The number of nitrogens with one attached hydrogen (secondary N) is 2. The van der Waals surface area contributed by atoms with Crippen LogP contribution in [0.4, 0.5) is 0 Å². The van der Waals surface area contributed by atoms with Crippen molar-refractivity contribution in [2.45, 2.75) is 155 Å². The first-order valence-electron chi connectivity index (χ1n) is 23.4. The lowest BCUT2D eigenvalue weighted by atomic mass is 9.70. The molecule has 4 aliphatic rings. The summed E-state index contributed by atoms with van der Waals surface area (Å²) in [6.07, 6.45) is 5.45. The number of carbonyl (C=O) groups excluding carboxylic acids is 4. The second kappa shape index (κ2) is 19.1. The van der Waals surface area contributed by atoms with E-state index < -0.39 is 24.2 Å². The van der Waals surface area contributed by atoms with Gasteiger partial charge in [-0.15, -0.1) is 0 Å². The molecule has 0 saturated heterocycles. The van der Waals surface area contributed by atoms with Crippen LogP contribution in [-0.4, -0.2) is 82.8 Å². The van der Waals surface area contributed by atoms with Gasteiger partial charge in [0.1, 0.15) is 12.1 Å². The van der Waals surface area contributed by atoms with Crippen LogP contribution in [0.25, 0.3) is 0 Å². The zero-order chi connectivity index (χ0) is 43.7. The molecule has 10 nitrogen and oxygen atoms in total. The number of hydrogen-bond donors (Lipinski definition) is 4. The zero-order valence-electron chi connectivity index (χ0n) is 38.1. The number of rotatable bonds is 17. The van der Waals surface area contributed by atoms with Crippen molar-refractivity contribution in [3.63, 3.8) is 0 Å². The topological polar surface area (TPSA) is 151 Å². The highest BCUT2D eigenvalue weighted by Gasteiger charge is 2.57. The highest BCUT2D eigenvalue weighted by atomic mass is 16.2. The number of nitrogens with two attached hydrogens (primary N) is 2. The maximum atomic E-state index is 14.7. The van der Waals surface area contributed by atoms with E-state index in [9.17, 15) is 19.2 Å². The van der Waals surface area contributed by atoms with Crippen molar-refractivity contribution in [3.05, 3.63) is 71.3 Å². The zero-order valence-corrected chi connectivity index (χ0v) is 38.1. The maximum Gasteiger partial charge on any atom is 0.245 e. The van der Waals surface area contributed by atoms with Crippen LogP contribution in [0, 0.1) is 47.3 Å². The predicted octanol–water partition coefficient (Wildman–Crippen LogP) is 6.79. The van der Waals surface area contributed by atoms with Crippen molar-refractivity contribution in [2.24, 2.45) is 58.8 Å². The van der Waals surface area contributed by atoms with Gasteiger partial charge in [-0.1, -0.05) is 110 Å². The molecule has 330 valence electrons. The number of hydrogen-bond acceptors (Lipinski definition) is 6. The quantitative estimate of drug-likeness (QED) is 0.138. The van der Waals surface area contributed by atoms with E-state index in [4.69, 9.17) is 11.5 Å². The van der Waals surface area contributed by atoms with Crippen molar-refractivity contribution < 1.29 is 19.2 Å². The molecule has 2 aromatic rings. The first-order chi connectivity index (χ1) is 28.5. The molecular weight excluding hydrogens is 749 g/mol. The lowest BCUT2D eigenvalue weighted by molar-refractivity contribution is -0.141. The van der Waals surface area contributed by atoms with Crippen molar-refractivity contribution in [1.82, 2.24) is 20.4 Å². The predicted molar refractivity (Wildman–Crippen MR) is 240 cm³/mol. The number of benzene rings is 2. The summed E-state index contributed by atoms with van der Waals surface area (Å²) in [5, 5.41) is 6.12. The lowest BCUT2D eigenvalue weighted by Crippen LogP contribution is -2.58. The molecule has 60 heavy (non-hydrogen) atoms. The standard InChI is InChI=1S/C50H76N6O4/c1-11-55(49(59)43(29(7)8)53-47(57)41(51)27(3)4)45-35-22-21-34(24-35)39(45)33-20-16-19-32(23-33)37-25-36-26-38(37)40(31-17-14-13-15-18-31)46(36)56(12-2)50(60)44(30(9)10)54-48(58)42(52)28(5)6/h13-20,23,27-30,34-46H,11-12,21-22,24-26,51-52H2,1-10H3,(H,53,57)(H,54,58)/t34?,35?,36?,37?,38?,39?,40?,41-,42-,43-,44+,45?,46?/m0/s1. The first kappa shape index (κ1) is 45.8. The van der Waals surface area contributed by atoms with Crippen LogP contribution < -0.4 is 22.1 Å². The minimum absolute atomic E-state index is 0.00239. The molecule has 0 aromatic heterocycles. The van der Waals surface area contributed by atoms with Crippen molar-refractivity contribution in [2.75, 3.05) is 13.1 Å². The molecule has 0 spiro atoms. The Bertz CT molecular complexity index is 1810. The summed E-state index contributed by atoms with van der Waals surface area (Å²) < 4.78 is 0. The third kappa shape index (κ3) is 8.93. The van der Waals surface area contributed by atoms with E-state index in [1.54, 1.807) is 0 Å². The van der Waals surface area contributed by atoms with Gasteiger partial charge in [0.15, 0.2) is 0 Å². The molecule has 0 radical (unpaired) electrons. The van der Waals surface area contributed by atoms with Crippen LogP contribution in [0.2, 0.25) is 0 Å². The summed E-state index contributed by atoms with van der Waals surface area (Å²) in [6, 6.07) is 17.5. The molecule has 4 bridgehead atoms. The van der Waals surface area contributed by atoms with Gasteiger partial charge in [-0.2, -0.15) is 0 Å². The molecule has 4 fully saturated rings. The Labute approximate surface area is 360 Å². The molecule has 10 heteroatoms. The summed E-state index contributed by atoms with van der Waals surface area (Å²) in [6.45, 7) is 21.0. The summed E-state index contributed by atoms with van der Waals surface area (Å²) in [5.74, 6) is 1.51. The number of carbonyl (C=O) groups is 4. The van der Waals surface area contributed by atoms with Crippen LogP contribution in [-0.2, 0) is 19.2 Å². The van der Waals surface area contributed by atoms with E-state index in [1.165, 1.54) is 23.1 Å². The molecule has 6 rings (SSSR count). The van der Waals surface area contributed by atoms with Crippen LogP contribution in [0.3, 0.4) is 0 Å². The van der Waals surface area contributed by atoms with Gasteiger partial charge in [0.25, 0.3) is 0 Å². The summed E-state index contributed by atoms with van der Waals surface area (Å²) >= 11 is 0. The van der Waals surface area contributed by atoms with E-state index >= 15 is 0 Å². The second-order valence-electron chi connectivity index (χ2n) is 20.2. The lowest BCUT2D eigenvalue weighted by Gasteiger charge is -2.44. The second-order valence-corrected chi connectivity index (χ2v) is 20.2. The smallest absolute Gasteiger partial charge is 0.245 e. The third-order valence-corrected chi connectivity index (χ3v) is 15.2. The molecule has 0 heterocycles. The van der Waals surface area contributed by atoms with E-state index in [0.29, 0.717) is 42.7 Å². The third-order valence-electron chi connectivity index (χ3n) is 15.2. The fraction of sp³-hybridized carbons (Fsp3) is 0.680. The fourth-order valence-electron chi connectivity index (χ4n) is 12.0. The number of amides is 4. The first-order valence-corrected chi connectivity index (χ1v) is 23.4. The van der Waals surface area contributed by atoms with Gasteiger partial charge in [0, 0.05) is 37.0 Å². The summed E-state index contributed by atoms with van der Waals surface area (Å²) in [7, 11) is 0. The Morgan fingerprint density at radius 3 is 1.57 bits per heavy atom. The molecular formula is C50H76N6O4. The molecule has 4 aliphatic carbocycles. The minimum Gasteiger partial charge on any atom is -0.343 e. The van der Waals surface area contributed by atoms with Gasteiger partial charge >= 0.3 is 0 Å². The molecule has 2 aromatic carbocycles. The molecule has 6 N–H and O–H groups in total. The van der Waals surface area contributed by atoms with Gasteiger partial charge in [0.2, 0.25) is 23.6 Å². The Hall–Kier alpha value is -3.76. The van der Waals surface area contributed by atoms with E-state index in [-0.39, 0.29) is 71.2 Å². The molecule has 4 amide bonds. The minimum atomic E-state index is -0.677. The number of nitrogens with zero attached hydrogens (tertiary/aromatic N) is 2. The van der Waals surface area contributed by atoms with Crippen molar-refractivity contribution in [3.8, 4) is 0 Å². The van der Waals surface area contributed by atoms with Crippen molar-refractivity contribution in [1.29, 1.82) is 0 Å². The van der Waals surface area contributed by atoms with Crippen molar-refractivity contribution >= 4 is 23.6 Å². The normalized spacial score (nSPS) is 28.9. The summed E-state index contributed by atoms with van der Waals surface area (Å²) in [5.41, 5.74) is 16.4. The summed E-state index contributed by atoms with van der Waals surface area (Å²) in [4.78, 5) is 59.8. The van der Waals surface area contributed by atoms with Crippen LogP contribution in [0.1, 0.15) is 136 Å². The Morgan fingerprint density at radius 1 is 0.583 bits per heavy atom.